The van der Waals surface area contributed by atoms with Crippen LogP contribution in [-0.2, 0) is 9.53 Å². The number of aliphatic imine (C=N–C) groups is 1. The van der Waals surface area contributed by atoms with Crippen LogP contribution < -0.4 is 10.6 Å². The number of guanidine groups is 1. The highest BCUT2D eigenvalue weighted by Gasteiger charge is 2.41. The normalized spacial score (nSPS) is 16.9. The van der Waals surface area contributed by atoms with E-state index < -0.39 is 0 Å². The quantitative estimate of drug-likeness (QED) is 0.363. The first-order chi connectivity index (χ1) is 11.6. The maximum absolute atomic E-state index is 12.6. The second-order valence-corrected chi connectivity index (χ2v) is 6.77. The van der Waals surface area contributed by atoms with Crippen LogP contribution in [0.4, 0.5) is 0 Å². The van der Waals surface area contributed by atoms with Crippen LogP contribution in [0.25, 0.3) is 0 Å². The average Bonchev–Trinajstić information content (AvgIpc) is 3.05. The second-order valence-electron chi connectivity index (χ2n) is 6.77. The molecule has 0 saturated heterocycles. The monoisotopic (exact) mass is 340 g/mol. The summed E-state index contributed by atoms with van der Waals surface area (Å²) in [5.74, 6) is 0.983. The van der Waals surface area contributed by atoms with Crippen molar-refractivity contribution in [3.05, 3.63) is 0 Å². The first-order valence-corrected chi connectivity index (χ1v) is 9.37. The molecule has 0 spiro atoms. The Morgan fingerprint density at radius 3 is 2.46 bits per heavy atom. The zero-order chi connectivity index (χ0) is 17.8. The van der Waals surface area contributed by atoms with Gasteiger partial charge in [0.25, 0.3) is 0 Å². The Kier molecular flexibility index (Phi) is 9.76. The third-order valence-electron chi connectivity index (χ3n) is 4.49. The summed E-state index contributed by atoms with van der Waals surface area (Å²) in [7, 11) is 3.67. The molecule has 0 atom stereocenters. The van der Waals surface area contributed by atoms with Gasteiger partial charge >= 0.3 is 0 Å². The lowest BCUT2D eigenvalue weighted by atomic mass is 9.85. The molecule has 6 nitrogen and oxygen atoms in total. The molecule has 24 heavy (non-hydrogen) atoms. The molecular formula is C18H36N4O2. The van der Waals surface area contributed by atoms with Crippen LogP contribution in [0.2, 0.25) is 0 Å². The maximum atomic E-state index is 12.6. The van der Waals surface area contributed by atoms with Gasteiger partial charge in [-0.25, -0.2) is 0 Å². The number of rotatable bonds is 10. The first kappa shape index (κ1) is 20.7. The average molecular weight is 341 g/mol. The molecular weight excluding hydrogens is 304 g/mol. The number of carbonyl (C=O) groups is 1. The second kappa shape index (κ2) is 11.3. The fourth-order valence-corrected chi connectivity index (χ4v) is 3.13. The standard InChI is InChI=1S/C18H36N4O2/c1-5-7-13-24-14-12-20-17(19-6-2)21-15-18(10-8-9-11-18)16(23)22(3)4/h5-15H2,1-4H3,(H2,19,20,21). The minimum absolute atomic E-state index is 0.211. The van der Waals surface area contributed by atoms with Crippen LogP contribution in [-0.4, -0.2) is 63.7 Å². The van der Waals surface area contributed by atoms with Gasteiger partial charge in [-0.2, -0.15) is 0 Å². The predicted molar refractivity (Wildman–Crippen MR) is 99.3 cm³/mol. The van der Waals surface area contributed by atoms with Crippen molar-refractivity contribution in [3.63, 3.8) is 0 Å². The Balaban J connectivity index is 2.54. The van der Waals surface area contributed by atoms with E-state index in [0.717, 1.165) is 64.2 Å². The lowest BCUT2D eigenvalue weighted by Gasteiger charge is -2.29. The molecule has 0 aliphatic heterocycles. The van der Waals surface area contributed by atoms with E-state index in [-0.39, 0.29) is 11.3 Å². The third kappa shape index (κ3) is 6.67. The van der Waals surface area contributed by atoms with Gasteiger partial charge in [-0.1, -0.05) is 26.2 Å². The summed E-state index contributed by atoms with van der Waals surface area (Å²) >= 11 is 0. The van der Waals surface area contributed by atoms with Crippen LogP contribution in [0.1, 0.15) is 52.4 Å². The Bertz CT molecular complexity index is 390. The molecule has 2 N–H and O–H groups in total. The molecule has 6 heteroatoms. The number of nitrogens with zero attached hydrogens (tertiary/aromatic N) is 2. The molecule has 140 valence electrons. The minimum atomic E-state index is -0.316. The molecule has 1 aliphatic carbocycles. The molecule has 0 heterocycles. The number of nitrogens with one attached hydrogen (secondary N) is 2. The zero-order valence-corrected chi connectivity index (χ0v) is 16.0. The van der Waals surface area contributed by atoms with Gasteiger partial charge in [-0.15, -0.1) is 0 Å². The first-order valence-electron chi connectivity index (χ1n) is 9.37. The summed E-state index contributed by atoms with van der Waals surface area (Å²) in [6.07, 6.45) is 6.36. The molecule has 0 aromatic heterocycles. The summed E-state index contributed by atoms with van der Waals surface area (Å²) in [6, 6.07) is 0. The number of carbonyl (C=O) groups excluding carboxylic acids is 1. The lowest BCUT2D eigenvalue weighted by molar-refractivity contribution is -0.138. The number of hydrogen-bond donors (Lipinski definition) is 2. The van der Waals surface area contributed by atoms with Gasteiger partial charge in [-0.3, -0.25) is 9.79 Å². The van der Waals surface area contributed by atoms with Gasteiger partial charge < -0.3 is 20.3 Å². The van der Waals surface area contributed by atoms with Crippen molar-refractivity contribution in [1.29, 1.82) is 0 Å². The largest absolute Gasteiger partial charge is 0.380 e. The van der Waals surface area contributed by atoms with E-state index >= 15 is 0 Å². The molecule has 0 aromatic carbocycles. The Morgan fingerprint density at radius 2 is 1.88 bits per heavy atom. The molecule has 1 rings (SSSR count). The smallest absolute Gasteiger partial charge is 0.230 e. The number of amides is 1. The summed E-state index contributed by atoms with van der Waals surface area (Å²) < 4.78 is 5.56. The van der Waals surface area contributed by atoms with E-state index in [2.05, 4.69) is 17.6 Å². The molecule has 0 bridgehead atoms. The summed E-state index contributed by atoms with van der Waals surface area (Å²) in [5.41, 5.74) is -0.316. The summed E-state index contributed by atoms with van der Waals surface area (Å²) in [5, 5.41) is 6.55. The number of ether oxygens (including phenoxy) is 1. The minimum Gasteiger partial charge on any atom is -0.380 e. The van der Waals surface area contributed by atoms with Gasteiger partial charge in [0.05, 0.1) is 18.6 Å². The highest BCUT2D eigenvalue weighted by atomic mass is 16.5. The van der Waals surface area contributed by atoms with Crippen LogP contribution >= 0.6 is 0 Å². The fraction of sp³-hybridized carbons (Fsp3) is 0.889. The van der Waals surface area contributed by atoms with E-state index in [1.807, 2.05) is 21.0 Å². The van der Waals surface area contributed by atoms with Gasteiger partial charge in [-0.05, 0) is 26.2 Å². The SMILES string of the molecule is CCCCOCCNC(=NCC1(C(=O)N(C)C)CCCC1)NCC. The van der Waals surface area contributed by atoms with E-state index in [4.69, 9.17) is 9.73 Å². The predicted octanol–water partition coefficient (Wildman–Crippen LogP) is 2.01. The van der Waals surface area contributed by atoms with Crippen molar-refractivity contribution >= 4 is 11.9 Å². The molecule has 0 unspecified atom stereocenters. The van der Waals surface area contributed by atoms with Crippen molar-refractivity contribution in [2.75, 3.05) is 46.9 Å². The molecule has 1 aliphatic rings. The summed E-state index contributed by atoms with van der Waals surface area (Å²) in [6.45, 7) is 7.77. The molecule has 0 aromatic rings. The number of unbranched alkanes of at least 4 members (excludes halogenated alkanes) is 1. The zero-order valence-electron chi connectivity index (χ0n) is 16.0. The Labute approximate surface area is 147 Å². The molecule has 0 radical (unpaired) electrons. The Hall–Kier alpha value is -1.30. The van der Waals surface area contributed by atoms with Crippen LogP contribution in [0, 0.1) is 5.41 Å². The van der Waals surface area contributed by atoms with E-state index in [9.17, 15) is 4.79 Å². The van der Waals surface area contributed by atoms with Gasteiger partial charge in [0, 0.05) is 33.8 Å². The van der Waals surface area contributed by atoms with Gasteiger partial charge in [0.1, 0.15) is 0 Å². The van der Waals surface area contributed by atoms with Crippen LogP contribution in [0.15, 0.2) is 4.99 Å². The van der Waals surface area contributed by atoms with Gasteiger partial charge in [0.15, 0.2) is 5.96 Å². The van der Waals surface area contributed by atoms with Crippen molar-refractivity contribution in [3.8, 4) is 0 Å². The van der Waals surface area contributed by atoms with E-state index in [1.165, 1.54) is 0 Å². The highest BCUT2D eigenvalue weighted by Crippen LogP contribution is 2.39. The van der Waals surface area contributed by atoms with Crippen molar-refractivity contribution < 1.29 is 9.53 Å². The van der Waals surface area contributed by atoms with Gasteiger partial charge in [0.2, 0.25) is 5.91 Å². The van der Waals surface area contributed by atoms with E-state index in [0.29, 0.717) is 13.2 Å². The maximum Gasteiger partial charge on any atom is 0.230 e. The van der Waals surface area contributed by atoms with Crippen molar-refractivity contribution in [2.24, 2.45) is 10.4 Å². The van der Waals surface area contributed by atoms with Crippen LogP contribution in [0.3, 0.4) is 0 Å². The van der Waals surface area contributed by atoms with Crippen LogP contribution in [0.5, 0.6) is 0 Å². The molecule has 1 saturated carbocycles. The van der Waals surface area contributed by atoms with E-state index in [1.54, 1.807) is 4.90 Å². The molecule has 1 amide bonds. The topological polar surface area (TPSA) is 66.0 Å². The lowest BCUT2D eigenvalue weighted by Crippen LogP contribution is -2.43. The Morgan fingerprint density at radius 1 is 1.17 bits per heavy atom. The summed E-state index contributed by atoms with van der Waals surface area (Å²) in [4.78, 5) is 19.0. The number of hydrogen-bond acceptors (Lipinski definition) is 3. The molecule has 1 fully saturated rings. The van der Waals surface area contributed by atoms with Crippen molar-refractivity contribution in [1.82, 2.24) is 15.5 Å². The van der Waals surface area contributed by atoms with Crippen molar-refractivity contribution in [2.45, 2.75) is 52.4 Å². The fourth-order valence-electron chi connectivity index (χ4n) is 3.13. The third-order valence-corrected chi connectivity index (χ3v) is 4.49. The highest BCUT2D eigenvalue weighted by molar-refractivity contribution is 5.84.